The van der Waals surface area contributed by atoms with E-state index in [-0.39, 0.29) is 24.2 Å². The number of tetrazole rings is 1. The average Bonchev–Trinajstić information content (AvgIpc) is 3.01. The number of hydrogen-bond acceptors (Lipinski definition) is 6. The third kappa shape index (κ3) is 3.09. The summed E-state index contributed by atoms with van der Waals surface area (Å²) in [6.45, 7) is 1.50. The molecule has 106 valence electrons. The summed E-state index contributed by atoms with van der Waals surface area (Å²) in [5.41, 5.74) is 0. The summed E-state index contributed by atoms with van der Waals surface area (Å²) in [7, 11) is -3.33. The molecule has 1 saturated carbocycles. The largest absolute Gasteiger partial charge is 0.481 e. The zero-order chi connectivity index (χ0) is 14.2. The van der Waals surface area contributed by atoms with Crippen LogP contribution < -0.4 is 0 Å². The number of hydrogen-bond donors (Lipinski definition) is 1. The molecule has 0 radical (unpaired) electrons. The van der Waals surface area contributed by atoms with Gasteiger partial charge in [-0.05, 0) is 36.1 Å². The van der Waals surface area contributed by atoms with Gasteiger partial charge in [0.25, 0.3) is 0 Å². The summed E-state index contributed by atoms with van der Waals surface area (Å²) in [6.07, 6.45) is 2.86. The first-order chi connectivity index (χ1) is 8.80. The Labute approximate surface area is 110 Å². The van der Waals surface area contributed by atoms with Crippen LogP contribution in [0.1, 0.15) is 43.3 Å². The van der Waals surface area contributed by atoms with E-state index in [1.165, 1.54) is 11.6 Å². The summed E-state index contributed by atoms with van der Waals surface area (Å²) >= 11 is 0. The van der Waals surface area contributed by atoms with Crippen molar-refractivity contribution in [2.75, 3.05) is 6.26 Å². The van der Waals surface area contributed by atoms with E-state index in [0.717, 1.165) is 19.1 Å². The fourth-order valence-corrected chi connectivity index (χ4v) is 2.55. The molecule has 0 spiro atoms. The smallest absolute Gasteiger partial charge is 0.305 e. The van der Waals surface area contributed by atoms with Gasteiger partial charge in [-0.15, -0.1) is 5.10 Å². The molecule has 0 aliphatic heterocycles. The molecule has 0 amide bonds. The Morgan fingerprint density at radius 3 is 2.63 bits per heavy atom. The van der Waals surface area contributed by atoms with Crippen LogP contribution in [0.15, 0.2) is 0 Å². The highest BCUT2D eigenvalue weighted by Gasteiger charge is 2.38. The molecule has 2 atom stereocenters. The highest BCUT2D eigenvalue weighted by molar-refractivity contribution is 7.90. The summed E-state index contributed by atoms with van der Waals surface area (Å²) in [5.74, 6) is -0.517. The van der Waals surface area contributed by atoms with Crippen molar-refractivity contribution in [1.29, 1.82) is 0 Å². The molecule has 1 aliphatic carbocycles. The van der Waals surface area contributed by atoms with Crippen molar-refractivity contribution in [3.8, 4) is 0 Å². The van der Waals surface area contributed by atoms with Crippen molar-refractivity contribution in [3.63, 3.8) is 0 Å². The summed E-state index contributed by atoms with van der Waals surface area (Å²) in [5, 5.41) is 19.1. The Balaban J connectivity index is 2.34. The van der Waals surface area contributed by atoms with Gasteiger partial charge in [-0.1, -0.05) is 0 Å². The molecule has 2 rings (SSSR count). The Morgan fingerprint density at radius 2 is 2.16 bits per heavy atom. The fourth-order valence-electron chi connectivity index (χ4n) is 2.01. The molecule has 8 nitrogen and oxygen atoms in total. The second kappa shape index (κ2) is 4.87. The second-order valence-electron chi connectivity index (χ2n) is 4.96. The van der Waals surface area contributed by atoms with Gasteiger partial charge in [-0.2, -0.15) is 0 Å². The standard InChI is InChI=1S/C10H16N4O4S/c1-6(19(2,17)18)10-11-12-13-14(10)8(5-9(15)16)7-3-4-7/h6-8H,3-5H2,1-2H3,(H,15,16). The van der Waals surface area contributed by atoms with Crippen molar-refractivity contribution in [2.24, 2.45) is 5.92 Å². The quantitative estimate of drug-likeness (QED) is 0.795. The Morgan fingerprint density at radius 1 is 1.53 bits per heavy atom. The van der Waals surface area contributed by atoms with Gasteiger partial charge in [0.2, 0.25) is 0 Å². The van der Waals surface area contributed by atoms with Crippen LogP contribution in [0.25, 0.3) is 0 Å². The summed E-state index contributed by atoms with van der Waals surface area (Å²) in [4.78, 5) is 10.9. The minimum absolute atomic E-state index is 0.0980. The van der Waals surface area contributed by atoms with Crippen LogP contribution in [-0.4, -0.2) is 46.0 Å². The number of aliphatic carboxylic acids is 1. The molecule has 0 bridgehead atoms. The first-order valence-electron chi connectivity index (χ1n) is 5.99. The minimum atomic E-state index is -3.33. The first-order valence-corrected chi connectivity index (χ1v) is 7.94. The number of carboxylic acids is 1. The van der Waals surface area contributed by atoms with E-state index in [4.69, 9.17) is 5.11 Å². The van der Waals surface area contributed by atoms with Gasteiger partial charge in [0.05, 0.1) is 12.5 Å². The summed E-state index contributed by atoms with van der Waals surface area (Å²) in [6, 6.07) is -0.369. The number of aromatic nitrogens is 4. The van der Waals surface area contributed by atoms with E-state index < -0.39 is 21.1 Å². The topological polar surface area (TPSA) is 115 Å². The number of carboxylic acid groups (broad SMARTS) is 1. The lowest BCUT2D eigenvalue weighted by molar-refractivity contribution is -0.138. The van der Waals surface area contributed by atoms with Crippen LogP contribution >= 0.6 is 0 Å². The van der Waals surface area contributed by atoms with E-state index in [0.29, 0.717) is 0 Å². The lowest BCUT2D eigenvalue weighted by Crippen LogP contribution is -2.22. The third-order valence-corrected chi connectivity index (χ3v) is 4.88. The molecular weight excluding hydrogens is 272 g/mol. The molecule has 2 unspecified atom stereocenters. The molecule has 1 aromatic rings. The molecule has 0 aromatic carbocycles. The van der Waals surface area contributed by atoms with Gasteiger partial charge in [0.1, 0.15) is 5.25 Å². The molecule has 1 aliphatic rings. The van der Waals surface area contributed by atoms with Crippen molar-refractivity contribution in [3.05, 3.63) is 5.82 Å². The van der Waals surface area contributed by atoms with Gasteiger partial charge < -0.3 is 5.11 Å². The second-order valence-corrected chi connectivity index (χ2v) is 7.32. The van der Waals surface area contributed by atoms with Gasteiger partial charge >= 0.3 is 5.97 Å². The Bertz CT molecular complexity index is 578. The molecule has 1 fully saturated rings. The average molecular weight is 288 g/mol. The predicted octanol–water partition coefficient (Wildman–Crippen LogP) is 0.204. The number of rotatable bonds is 6. The van der Waals surface area contributed by atoms with Crippen molar-refractivity contribution in [2.45, 2.75) is 37.5 Å². The van der Waals surface area contributed by atoms with E-state index in [2.05, 4.69) is 15.5 Å². The highest BCUT2D eigenvalue weighted by Crippen LogP contribution is 2.42. The first kappa shape index (κ1) is 13.9. The zero-order valence-corrected chi connectivity index (χ0v) is 11.5. The van der Waals surface area contributed by atoms with Gasteiger partial charge in [-0.3, -0.25) is 4.79 Å². The van der Waals surface area contributed by atoms with Gasteiger partial charge in [0.15, 0.2) is 15.7 Å². The number of carbonyl (C=O) groups is 1. The van der Waals surface area contributed by atoms with E-state index in [9.17, 15) is 13.2 Å². The lowest BCUT2D eigenvalue weighted by atomic mass is 10.1. The van der Waals surface area contributed by atoms with Crippen LogP contribution in [0.5, 0.6) is 0 Å². The van der Waals surface area contributed by atoms with E-state index in [1.54, 1.807) is 0 Å². The number of nitrogens with zero attached hydrogens (tertiary/aromatic N) is 4. The van der Waals surface area contributed by atoms with Crippen LogP contribution in [0.4, 0.5) is 0 Å². The fraction of sp³-hybridized carbons (Fsp3) is 0.800. The maximum atomic E-state index is 11.6. The van der Waals surface area contributed by atoms with Crippen LogP contribution in [0.2, 0.25) is 0 Å². The molecule has 1 aromatic heterocycles. The molecule has 1 N–H and O–H groups in total. The normalized spacial score (nSPS) is 19.1. The number of sulfone groups is 1. The van der Waals surface area contributed by atoms with Gasteiger partial charge in [-0.25, -0.2) is 13.1 Å². The van der Waals surface area contributed by atoms with E-state index in [1.807, 2.05) is 0 Å². The van der Waals surface area contributed by atoms with Crippen molar-refractivity contribution in [1.82, 2.24) is 20.2 Å². The Kier molecular flexibility index (Phi) is 3.57. The Hall–Kier alpha value is -1.51. The molecular formula is C10H16N4O4S. The SMILES string of the molecule is CC(c1nnnn1C(CC(=O)O)C1CC1)S(C)(=O)=O. The lowest BCUT2D eigenvalue weighted by Gasteiger charge is -2.17. The predicted molar refractivity (Wildman–Crippen MR) is 65.1 cm³/mol. The van der Waals surface area contributed by atoms with Crippen molar-refractivity contribution >= 4 is 15.8 Å². The van der Waals surface area contributed by atoms with Crippen LogP contribution in [-0.2, 0) is 14.6 Å². The summed E-state index contributed by atoms with van der Waals surface area (Å²) < 4.78 is 24.5. The van der Waals surface area contributed by atoms with E-state index >= 15 is 0 Å². The third-order valence-electron chi connectivity index (χ3n) is 3.39. The molecule has 9 heteroatoms. The molecule has 1 heterocycles. The maximum Gasteiger partial charge on any atom is 0.305 e. The van der Waals surface area contributed by atoms with Crippen LogP contribution in [0, 0.1) is 5.92 Å². The molecule has 19 heavy (non-hydrogen) atoms. The molecule has 0 saturated heterocycles. The zero-order valence-electron chi connectivity index (χ0n) is 10.7. The minimum Gasteiger partial charge on any atom is -0.481 e. The highest BCUT2D eigenvalue weighted by atomic mass is 32.2. The maximum absolute atomic E-state index is 11.6. The van der Waals surface area contributed by atoms with Crippen molar-refractivity contribution < 1.29 is 18.3 Å². The van der Waals surface area contributed by atoms with Gasteiger partial charge in [0, 0.05) is 6.26 Å². The monoisotopic (exact) mass is 288 g/mol. The van der Waals surface area contributed by atoms with Crippen LogP contribution in [0.3, 0.4) is 0 Å².